The van der Waals surface area contributed by atoms with Crippen LogP contribution in [0.4, 0.5) is 0 Å². The lowest BCUT2D eigenvalue weighted by Crippen LogP contribution is -2.46. The monoisotopic (exact) mass is 345 g/mol. The molecule has 2 heterocycles. The van der Waals surface area contributed by atoms with Gasteiger partial charge in [-0.25, -0.2) is 4.79 Å². The lowest BCUT2D eigenvalue weighted by molar-refractivity contribution is -0.113. The number of thioether (sulfide) groups is 1. The molecule has 2 aliphatic heterocycles. The number of benzene rings is 1. The first-order valence-electron chi connectivity index (χ1n) is 7.71. The van der Waals surface area contributed by atoms with Gasteiger partial charge in [-0.05, 0) is 42.6 Å². The molecule has 0 atom stereocenters. The van der Waals surface area contributed by atoms with Gasteiger partial charge in [0.2, 0.25) is 0 Å². The summed E-state index contributed by atoms with van der Waals surface area (Å²) in [6.45, 7) is 3.72. The van der Waals surface area contributed by atoms with Crippen molar-refractivity contribution >= 4 is 34.9 Å². The van der Waals surface area contributed by atoms with Gasteiger partial charge in [0.1, 0.15) is 0 Å². The van der Waals surface area contributed by atoms with E-state index in [1.54, 1.807) is 30.3 Å². The highest BCUT2D eigenvalue weighted by Gasteiger charge is 2.27. The molecule has 0 bridgehead atoms. The van der Waals surface area contributed by atoms with Gasteiger partial charge in [0, 0.05) is 26.2 Å². The molecule has 6 nitrogen and oxygen atoms in total. The number of amidine groups is 1. The number of likely N-dealkylation sites (N-methyl/N-ethyl adjacent to an activating group) is 1. The summed E-state index contributed by atoms with van der Waals surface area (Å²) < 4.78 is 4.68. The third-order valence-electron chi connectivity index (χ3n) is 4.01. The van der Waals surface area contributed by atoms with E-state index in [2.05, 4.69) is 26.6 Å². The van der Waals surface area contributed by atoms with E-state index in [0.717, 1.165) is 36.9 Å². The summed E-state index contributed by atoms with van der Waals surface area (Å²) in [4.78, 5) is 32.8. The van der Waals surface area contributed by atoms with Crippen LogP contribution >= 0.6 is 11.8 Å². The number of nitrogens with zero attached hydrogens (tertiary/aromatic N) is 3. The van der Waals surface area contributed by atoms with E-state index in [4.69, 9.17) is 0 Å². The summed E-state index contributed by atoms with van der Waals surface area (Å²) in [5.74, 6) is -0.577. The first kappa shape index (κ1) is 16.7. The molecule has 1 saturated heterocycles. The number of carbonyl (C=O) groups is 2. The van der Waals surface area contributed by atoms with Gasteiger partial charge in [-0.2, -0.15) is 4.99 Å². The molecule has 126 valence electrons. The first-order valence-corrected chi connectivity index (χ1v) is 8.53. The molecular formula is C17H19N3O3S. The van der Waals surface area contributed by atoms with Gasteiger partial charge in [-0.1, -0.05) is 12.1 Å². The van der Waals surface area contributed by atoms with Crippen LogP contribution in [0.3, 0.4) is 0 Å². The van der Waals surface area contributed by atoms with Crippen LogP contribution in [0.15, 0.2) is 34.2 Å². The van der Waals surface area contributed by atoms with Gasteiger partial charge in [0.15, 0.2) is 5.17 Å². The first-order chi connectivity index (χ1) is 11.6. The molecular weight excluding hydrogens is 326 g/mol. The van der Waals surface area contributed by atoms with Crippen molar-refractivity contribution in [1.82, 2.24) is 9.80 Å². The Morgan fingerprint density at radius 1 is 1.21 bits per heavy atom. The molecule has 1 amide bonds. The summed E-state index contributed by atoms with van der Waals surface area (Å²) in [5.41, 5.74) is 1.34. The normalized spacial score (nSPS) is 20.4. The maximum Gasteiger partial charge on any atom is 0.337 e. The third kappa shape index (κ3) is 3.68. The average Bonchev–Trinajstić information content (AvgIpc) is 2.96. The molecule has 1 aromatic carbocycles. The van der Waals surface area contributed by atoms with Crippen molar-refractivity contribution in [3.05, 3.63) is 40.3 Å². The molecule has 2 aliphatic rings. The molecule has 0 radical (unpaired) electrons. The fourth-order valence-electron chi connectivity index (χ4n) is 2.52. The largest absolute Gasteiger partial charge is 0.465 e. The summed E-state index contributed by atoms with van der Waals surface area (Å²) in [6.07, 6.45) is 1.81. The number of rotatable bonds is 2. The number of esters is 1. The fourth-order valence-corrected chi connectivity index (χ4v) is 3.48. The molecule has 0 aliphatic carbocycles. The van der Waals surface area contributed by atoms with Crippen LogP contribution in [0.2, 0.25) is 0 Å². The molecule has 24 heavy (non-hydrogen) atoms. The second-order valence-corrected chi connectivity index (χ2v) is 6.72. The number of hydrogen-bond acceptors (Lipinski definition) is 6. The Hall–Kier alpha value is -2.12. The van der Waals surface area contributed by atoms with Crippen molar-refractivity contribution in [2.24, 2.45) is 4.99 Å². The summed E-state index contributed by atoms with van der Waals surface area (Å²) >= 11 is 1.41. The Labute approximate surface area is 145 Å². The molecule has 0 N–H and O–H groups in total. The highest BCUT2D eigenvalue weighted by molar-refractivity contribution is 8.18. The molecule has 0 unspecified atom stereocenters. The Kier molecular flexibility index (Phi) is 5.01. The maximum atomic E-state index is 12.1. The summed E-state index contributed by atoms with van der Waals surface area (Å²) in [5, 5.41) is 0.783. The molecule has 1 fully saturated rings. The predicted octanol–water partition coefficient (Wildman–Crippen LogP) is 1.69. The van der Waals surface area contributed by atoms with Crippen molar-refractivity contribution < 1.29 is 14.3 Å². The van der Waals surface area contributed by atoms with Crippen LogP contribution in [0.1, 0.15) is 15.9 Å². The molecule has 7 heteroatoms. The van der Waals surface area contributed by atoms with Crippen LogP contribution in [0.5, 0.6) is 0 Å². The number of methoxy groups -OCH3 is 1. The van der Waals surface area contributed by atoms with Crippen molar-refractivity contribution in [3.8, 4) is 0 Å². The summed E-state index contributed by atoms with van der Waals surface area (Å²) in [7, 11) is 3.44. The van der Waals surface area contributed by atoms with Crippen LogP contribution in [0.25, 0.3) is 6.08 Å². The van der Waals surface area contributed by atoms with Crippen molar-refractivity contribution in [2.75, 3.05) is 40.3 Å². The van der Waals surface area contributed by atoms with Crippen LogP contribution in [-0.4, -0.2) is 67.2 Å². The number of aliphatic imine (C=N–C) groups is 1. The van der Waals surface area contributed by atoms with Crippen LogP contribution in [0, 0.1) is 0 Å². The quantitative estimate of drug-likeness (QED) is 0.600. The molecule has 0 spiro atoms. The lowest BCUT2D eigenvalue weighted by Gasteiger charge is -2.32. The Morgan fingerprint density at radius 3 is 2.50 bits per heavy atom. The number of hydrogen-bond donors (Lipinski definition) is 0. The minimum Gasteiger partial charge on any atom is -0.465 e. The lowest BCUT2D eigenvalue weighted by atomic mass is 10.1. The summed E-state index contributed by atoms with van der Waals surface area (Å²) in [6, 6.07) is 6.96. The zero-order valence-electron chi connectivity index (χ0n) is 13.7. The number of carbonyl (C=O) groups excluding carboxylic acids is 2. The molecule has 1 aromatic rings. The second-order valence-electron chi connectivity index (χ2n) is 5.71. The van der Waals surface area contributed by atoms with E-state index in [9.17, 15) is 9.59 Å². The second kappa shape index (κ2) is 7.19. The number of piperazine rings is 1. The fraction of sp³-hybridized carbons (Fsp3) is 0.353. The SMILES string of the molecule is COC(=O)c1ccc(/C=C2/SC(N3CCN(C)CC3)=NC2=O)cc1. The Balaban J connectivity index is 1.69. The van der Waals surface area contributed by atoms with Crippen molar-refractivity contribution in [3.63, 3.8) is 0 Å². The van der Waals surface area contributed by atoms with Crippen LogP contribution in [-0.2, 0) is 9.53 Å². The van der Waals surface area contributed by atoms with Gasteiger partial charge in [0.05, 0.1) is 17.6 Å². The van der Waals surface area contributed by atoms with Gasteiger partial charge in [0.25, 0.3) is 5.91 Å². The molecule has 0 saturated carbocycles. The topological polar surface area (TPSA) is 62.2 Å². The van der Waals surface area contributed by atoms with Gasteiger partial charge >= 0.3 is 5.97 Å². The predicted molar refractivity (Wildman–Crippen MR) is 94.9 cm³/mol. The maximum absolute atomic E-state index is 12.1. The Morgan fingerprint density at radius 2 is 1.88 bits per heavy atom. The third-order valence-corrected chi connectivity index (χ3v) is 5.06. The van der Waals surface area contributed by atoms with E-state index in [-0.39, 0.29) is 11.9 Å². The average molecular weight is 345 g/mol. The standard InChI is InChI=1S/C17H19N3O3S/c1-19-7-9-20(10-8-19)17-18-15(21)14(24-17)11-12-3-5-13(6-4-12)16(22)23-2/h3-6,11H,7-10H2,1-2H3/b14-11+. The van der Waals surface area contributed by atoms with Gasteiger partial charge in [-0.3, -0.25) is 4.79 Å². The van der Waals surface area contributed by atoms with Gasteiger partial charge in [-0.15, -0.1) is 0 Å². The molecule has 3 rings (SSSR count). The van der Waals surface area contributed by atoms with E-state index in [1.807, 2.05) is 0 Å². The van der Waals surface area contributed by atoms with Crippen molar-refractivity contribution in [1.29, 1.82) is 0 Å². The Bertz CT molecular complexity index is 704. The van der Waals surface area contributed by atoms with E-state index in [0.29, 0.717) is 10.5 Å². The highest BCUT2D eigenvalue weighted by atomic mass is 32.2. The molecule has 0 aromatic heterocycles. The minimum atomic E-state index is -0.374. The van der Waals surface area contributed by atoms with E-state index < -0.39 is 0 Å². The van der Waals surface area contributed by atoms with Gasteiger partial charge < -0.3 is 14.5 Å². The highest BCUT2D eigenvalue weighted by Crippen LogP contribution is 2.30. The number of amides is 1. The van der Waals surface area contributed by atoms with Crippen molar-refractivity contribution in [2.45, 2.75) is 0 Å². The minimum absolute atomic E-state index is 0.203. The van der Waals surface area contributed by atoms with E-state index in [1.165, 1.54) is 18.9 Å². The number of ether oxygens (including phenoxy) is 1. The van der Waals surface area contributed by atoms with E-state index >= 15 is 0 Å². The van der Waals surface area contributed by atoms with Crippen LogP contribution < -0.4 is 0 Å². The smallest absolute Gasteiger partial charge is 0.337 e. The zero-order chi connectivity index (χ0) is 17.1. The zero-order valence-corrected chi connectivity index (χ0v) is 14.5.